The number of hydrogen-bond donors (Lipinski definition) is 1. The Morgan fingerprint density at radius 3 is 2.79 bits per heavy atom. The zero-order chi connectivity index (χ0) is 27.3. The number of sulfonamides is 1. The van der Waals surface area contributed by atoms with E-state index in [1.807, 2.05) is 30.3 Å². The Balaban J connectivity index is 1.17. The normalized spacial score (nSPS) is 16.6. The fourth-order valence-corrected chi connectivity index (χ4v) is 8.30. The summed E-state index contributed by atoms with van der Waals surface area (Å²) < 4.78 is 34.7. The minimum Gasteiger partial charge on any atom is -0.385 e. The van der Waals surface area contributed by atoms with Crippen molar-refractivity contribution in [1.29, 1.82) is 0 Å². The van der Waals surface area contributed by atoms with Crippen molar-refractivity contribution in [3.05, 3.63) is 52.6 Å². The Labute approximate surface area is 234 Å². The number of carbonyl (C=O) groups excluding carboxylic acids is 2. The van der Waals surface area contributed by atoms with Gasteiger partial charge in [-0.25, -0.2) is 13.4 Å². The number of rotatable bonds is 8. The number of fused-ring (bicyclic) bond motifs is 1. The van der Waals surface area contributed by atoms with Gasteiger partial charge in [0.25, 0.3) is 15.9 Å². The van der Waals surface area contributed by atoms with E-state index in [9.17, 15) is 18.0 Å². The summed E-state index contributed by atoms with van der Waals surface area (Å²) in [5.74, 6) is -0.577. The molecular formula is C26H26ClN5O5S2. The van der Waals surface area contributed by atoms with Crippen molar-refractivity contribution in [3.8, 4) is 0 Å². The highest BCUT2D eigenvalue weighted by Crippen LogP contribution is 2.41. The Morgan fingerprint density at radius 1 is 1.23 bits per heavy atom. The number of halogens is 1. The van der Waals surface area contributed by atoms with Gasteiger partial charge in [-0.3, -0.25) is 14.0 Å². The number of amides is 2. The summed E-state index contributed by atoms with van der Waals surface area (Å²) in [7, 11) is -2.24. The number of aromatic nitrogens is 2. The number of benzene rings is 2. The molecule has 2 aliphatic rings. The second-order valence-electron chi connectivity index (χ2n) is 9.59. The molecule has 1 N–H and O–H groups in total. The summed E-state index contributed by atoms with van der Waals surface area (Å²) in [5.41, 5.74) is 2.08. The molecule has 204 valence electrons. The van der Waals surface area contributed by atoms with Crippen LogP contribution in [0, 0.1) is 5.92 Å². The number of thiazole rings is 1. The van der Waals surface area contributed by atoms with Crippen LogP contribution in [0.4, 0.5) is 11.4 Å². The molecule has 0 spiro atoms. The monoisotopic (exact) mass is 587 g/mol. The number of piperidine rings is 1. The Bertz CT molecular complexity index is 1710. The molecule has 4 heterocycles. The maximum atomic E-state index is 13.3. The van der Waals surface area contributed by atoms with E-state index in [0.717, 1.165) is 22.9 Å². The van der Waals surface area contributed by atoms with Gasteiger partial charge in [-0.15, -0.1) is 11.3 Å². The molecular weight excluding hydrogens is 562 g/mol. The van der Waals surface area contributed by atoms with Gasteiger partial charge in [-0.05, 0) is 37.5 Å². The van der Waals surface area contributed by atoms with Gasteiger partial charge in [0.15, 0.2) is 15.1 Å². The van der Waals surface area contributed by atoms with Gasteiger partial charge >= 0.3 is 0 Å². The van der Waals surface area contributed by atoms with Crippen molar-refractivity contribution in [2.24, 2.45) is 5.92 Å². The number of anilines is 2. The first-order valence-electron chi connectivity index (χ1n) is 12.6. The molecule has 4 aromatic rings. The first-order chi connectivity index (χ1) is 18.8. The Kier molecular flexibility index (Phi) is 6.84. The topological polar surface area (TPSA) is 113 Å². The predicted octanol–water partition coefficient (Wildman–Crippen LogP) is 4.24. The number of ether oxygens (including phenoxy) is 1. The smallest absolute Gasteiger partial charge is 0.262 e. The summed E-state index contributed by atoms with van der Waals surface area (Å²) >= 11 is 7.49. The quantitative estimate of drug-likeness (QED) is 0.309. The lowest BCUT2D eigenvalue weighted by Crippen LogP contribution is -2.41. The predicted molar refractivity (Wildman–Crippen MR) is 150 cm³/mol. The maximum absolute atomic E-state index is 13.3. The molecule has 0 radical (unpaired) electrons. The van der Waals surface area contributed by atoms with Crippen LogP contribution in [0.5, 0.6) is 0 Å². The minimum atomic E-state index is -3.87. The minimum absolute atomic E-state index is 0.0398. The number of methoxy groups -OCH3 is 1. The highest BCUT2D eigenvalue weighted by atomic mass is 35.5. The summed E-state index contributed by atoms with van der Waals surface area (Å²) in [6.07, 6.45) is 3.11. The van der Waals surface area contributed by atoms with Crippen LogP contribution in [0.25, 0.3) is 15.7 Å². The molecule has 2 aromatic heterocycles. The zero-order valence-electron chi connectivity index (χ0n) is 21.1. The van der Waals surface area contributed by atoms with E-state index < -0.39 is 10.0 Å². The van der Waals surface area contributed by atoms with Crippen LogP contribution in [0.1, 0.15) is 29.6 Å². The highest BCUT2D eigenvalue weighted by molar-refractivity contribution is 7.89. The van der Waals surface area contributed by atoms with E-state index in [1.54, 1.807) is 23.6 Å². The number of nitrogens with zero attached hydrogens (tertiary/aromatic N) is 4. The highest BCUT2D eigenvalue weighted by Gasteiger charge is 2.36. The SMILES string of the molecule is COCCCN1C(=O)c2cccc3c(NC(=O)C4CCN(S(=O)(=O)c5c(Cl)nc6sccn56)CC4)ccc1c23. The van der Waals surface area contributed by atoms with Crippen molar-refractivity contribution in [1.82, 2.24) is 13.7 Å². The molecule has 2 aliphatic heterocycles. The van der Waals surface area contributed by atoms with Gasteiger partial charge in [-0.2, -0.15) is 4.31 Å². The lowest BCUT2D eigenvalue weighted by atomic mass is 9.96. The molecule has 0 saturated carbocycles. The number of hydrogen-bond acceptors (Lipinski definition) is 7. The van der Waals surface area contributed by atoms with Gasteiger partial charge in [0.05, 0.1) is 5.69 Å². The first-order valence-corrected chi connectivity index (χ1v) is 15.3. The van der Waals surface area contributed by atoms with E-state index >= 15 is 0 Å². The molecule has 1 fully saturated rings. The van der Waals surface area contributed by atoms with Crippen molar-refractivity contribution >= 4 is 71.9 Å². The lowest BCUT2D eigenvalue weighted by Gasteiger charge is -2.30. The molecule has 2 amide bonds. The zero-order valence-corrected chi connectivity index (χ0v) is 23.5. The van der Waals surface area contributed by atoms with Gasteiger partial charge in [-0.1, -0.05) is 23.7 Å². The molecule has 1 saturated heterocycles. The second-order valence-corrected chi connectivity index (χ2v) is 12.7. The summed E-state index contributed by atoms with van der Waals surface area (Å²) in [4.78, 5) is 32.7. The summed E-state index contributed by atoms with van der Waals surface area (Å²) in [6.45, 7) is 1.50. The Hall–Kier alpha value is -3.03. The van der Waals surface area contributed by atoms with Crippen LogP contribution in [-0.4, -0.2) is 67.3 Å². The fraction of sp³-hybridized carbons (Fsp3) is 0.346. The van der Waals surface area contributed by atoms with E-state index in [4.69, 9.17) is 16.3 Å². The number of carbonyl (C=O) groups is 2. The molecule has 0 unspecified atom stereocenters. The lowest BCUT2D eigenvalue weighted by molar-refractivity contribution is -0.120. The summed E-state index contributed by atoms with van der Waals surface area (Å²) in [5, 5.41) is 6.33. The van der Waals surface area contributed by atoms with Crippen LogP contribution >= 0.6 is 22.9 Å². The number of nitrogens with one attached hydrogen (secondary N) is 1. The van der Waals surface area contributed by atoms with Crippen LogP contribution in [-0.2, 0) is 19.6 Å². The van der Waals surface area contributed by atoms with Crippen molar-refractivity contribution in [2.75, 3.05) is 43.6 Å². The van der Waals surface area contributed by atoms with Gasteiger partial charge in [0, 0.05) is 72.9 Å². The molecule has 10 nitrogen and oxygen atoms in total. The summed E-state index contributed by atoms with van der Waals surface area (Å²) in [6, 6.07) is 9.23. The molecule has 0 aliphatic carbocycles. The van der Waals surface area contributed by atoms with Crippen LogP contribution in [0.2, 0.25) is 5.15 Å². The van der Waals surface area contributed by atoms with Gasteiger partial charge in [0.1, 0.15) is 0 Å². The van der Waals surface area contributed by atoms with E-state index in [1.165, 1.54) is 20.0 Å². The van der Waals surface area contributed by atoms with E-state index in [-0.39, 0.29) is 41.0 Å². The molecule has 13 heteroatoms. The van der Waals surface area contributed by atoms with Crippen LogP contribution in [0.15, 0.2) is 46.9 Å². The third-order valence-electron chi connectivity index (χ3n) is 7.36. The molecule has 6 rings (SSSR count). The van der Waals surface area contributed by atoms with Gasteiger partial charge < -0.3 is 15.0 Å². The first kappa shape index (κ1) is 26.2. The van der Waals surface area contributed by atoms with Crippen LogP contribution < -0.4 is 10.2 Å². The average Bonchev–Trinajstić information content (AvgIpc) is 3.58. The largest absolute Gasteiger partial charge is 0.385 e. The van der Waals surface area contributed by atoms with E-state index in [2.05, 4.69) is 10.3 Å². The standard InChI is InChI=1S/C26H26ClN5O5S2/c1-37-14-3-10-31-20-7-6-19(17-4-2-5-18(21(17)20)24(31)34)28-23(33)16-8-11-30(12-9-16)39(35,36)25-22(27)29-26-32(25)13-15-38-26/h2,4-7,13,15-16H,3,8-12,14H2,1H3,(H,28,33). The van der Waals surface area contributed by atoms with E-state index in [0.29, 0.717) is 42.2 Å². The van der Waals surface area contributed by atoms with Crippen molar-refractivity contribution in [3.63, 3.8) is 0 Å². The van der Waals surface area contributed by atoms with Crippen molar-refractivity contribution < 1.29 is 22.7 Å². The molecule has 0 atom stereocenters. The molecule has 0 bridgehead atoms. The van der Waals surface area contributed by atoms with Crippen LogP contribution in [0.3, 0.4) is 0 Å². The average molecular weight is 588 g/mol. The third kappa shape index (κ3) is 4.40. The number of imidazole rings is 1. The van der Waals surface area contributed by atoms with Crippen molar-refractivity contribution in [2.45, 2.75) is 24.3 Å². The third-order valence-corrected chi connectivity index (χ3v) is 10.4. The second kappa shape index (κ2) is 10.2. The molecule has 39 heavy (non-hydrogen) atoms. The molecule has 2 aromatic carbocycles. The fourth-order valence-electron chi connectivity index (χ4n) is 5.43. The Morgan fingerprint density at radius 2 is 2.03 bits per heavy atom. The van der Waals surface area contributed by atoms with Gasteiger partial charge in [0.2, 0.25) is 5.91 Å². The maximum Gasteiger partial charge on any atom is 0.262 e.